The number of aliphatic imine (C=N–C) groups is 1. The Kier molecular flexibility index (Phi) is 11.1. The van der Waals surface area contributed by atoms with Gasteiger partial charge in [-0.15, -0.1) is 10.2 Å². The number of hydrogen-bond acceptors (Lipinski definition) is 13. The number of thiazole rings is 1. The molecular formula is C44H58N10O3S. The number of aromatic nitrogens is 4. The molecule has 58 heavy (non-hydrogen) atoms. The third-order valence-corrected chi connectivity index (χ3v) is 14.2. The zero-order valence-corrected chi connectivity index (χ0v) is 35.6. The summed E-state index contributed by atoms with van der Waals surface area (Å²) >= 11 is 1.55. The Morgan fingerprint density at radius 3 is 2.53 bits per heavy atom. The third kappa shape index (κ3) is 8.34. The van der Waals surface area contributed by atoms with E-state index in [-0.39, 0.29) is 22.1 Å². The first-order chi connectivity index (χ1) is 27.7. The number of para-hydroxylation sites is 1. The van der Waals surface area contributed by atoms with Crippen LogP contribution in [-0.4, -0.2) is 112 Å². The number of benzene rings is 1. The van der Waals surface area contributed by atoms with Crippen LogP contribution in [0.1, 0.15) is 80.9 Å². The van der Waals surface area contributed by atoms with E-state index in [2.05, 4.69) is 56.2 Å². The van der Waals surface area contributed by atoms with Crippen molar-refractivity contribution in [2.75, 3.05) is 70.2 Å². The van der Waals surface area contributed by atoms with Gasteiger partial charge in [0.2, 0.25) is 0 Å². The van der Waals surface area contributed by atoms with Crippen LogP contribution in [0.2, 0.25) is 0 Å². The van der Waals surface area contributed by atoms with Gasteiger partial charge in [0.15, 0.2) is 22.5 Å². The molecule has 3 aromatic heterocycles. The van der Waals surface area contributed by atoms with Crippen molar-refractivity contribution in [3.63, 3.8) is 0 Å². The lowest BCUT2D eigenvalue weighted by molar-refractivity contribution is -0.166. The quantitative estimate of drug-likeness (QED) is 0.115. The number of fused-ring (bicyclic) bond motifs is 2. The van der Waals surface area contributed by atoms with Gasteiger partial charge in [-0.05, 0) is 118 Å². The van der Waals surface area contributed by atoms with E-state index in [0.29, 0.717) is 52.7 Å². The van der Waals surface area contributed by atoms with Crippen molar-refractivity contribution >= 4 is 61.4 Å². The zero-order valence-electron chi connectivity index (χ0n) is 34.8. The predicted molar refractivity (Wildman–Crippen MR) is 233 cm³/mol. The summed E-state index contributed by atoms with van der Waals surface area (Å²) in [6, 6.07) is 13.4. The van der Waals surface area contributed by atoms with Crippen molar-refractivity contribution in [3.8, 4) is 0 Å². The Labute approximate surface area is 345 Å². The molecule has 0 radical (unpaired) electrons. The second kappa shape index (κ2) is 15.9. The molecule has 0 amide bonds. The number of aryl methyl sites for hydroxylation is 1. The molecule has 1 aromatic carbocycles. The van der Waals surface area contributed by atoms with Gasteiger partial charge in [0.1, 0.15) is 5.82 Å². The normalized spacial score (nSPS) is 27.9. The van der Waals surface area contributed by atoms with E-state index >= 15 is 0 Å². The number of pyridine rings is 1. The molecule has 5 atom stereocenters. The number of carboxylic acid groups (broad SMARTS) is 1. The summed E-state index contributed by atoms with van der Waals surface area (Å²) in [7, 11) is 3.99. The lowest BCUT2D eigenvalue weighted by Crippen LogP contribution is -2.53. The Bertz CT molecular complexity index is 2200. The molecular weight excluding hydrogens is 749 g/mol. The van der Waals surface area contributed by atoms with E-state index in [4.69, 9.17) is 15.5 Å². The average Bonchev–Trinajstić information content (AvgIpc) is 3.53. The number of ether oxygens (including phenoxy) is 1. The second-order valence-corrected chi connectivity index (χ2v) is 19.3. The standard InChI is InChI=1S/C44H58N10O3S/c1-28-19-37(50-51-39(28)49-41-47-34-9-7-8-10-35(34)58-41)53(6)36-12-11-32(38(48-36)40(55)56)33(23-45)29(2)46-24-31-21-43(4)25-42(3)20-30(31)22-44(26-42,27-43)57-18-17-54-15-13-52(5)14-16-54/h7-12,19,23,30-31H,13-18,20-22,24-27,45H2,1-6H3,(H,55,56)(H,47,49,51)/b33-23+,46-29?. The van der Waals surface area contributed by atoms with Crippen molar-refractivity contribution in [1.29, 1.82) is 0 Å². The Balaban J connectivity index is 0.957. The van der Waals surface area contributed by atoms with Crippen LogP contribution in [0.15, 0.2) is 53.7 Å². The van der Waals surface area contributed by atoms with Crippen molar-refractivity contribution in [2.45, 2.75) is 71.8 Å². The maximum Gasteiger partial charge on any atom is 0.355 e. The number of anilines is 4. The number of carbonyl (C=O) groups is 1. The van der Waals surface area contributed by atoms with E-state index < -0.39 is 5.97 Å². The fourth-order valence-electron chi connectivity index (χ4n) is 11.0. The largest absolute Gasteiger partial charge is 0.476 e. The van der Waals surface area contributed by atoms with Gasteiger partial charge in [0.05, 0.1) is 22.4 Å². The minimum atomic E-state index is -1.15. The molecule has 1 saturated heterocycles. The minimum Gasteiger partial charge on any atom is -0.476 e. The SMILES string of the molecule is CC(=NCC1CC2(C)CC3(C)CC1CC(OCCN1CCN(C)CC1)(C2)C3)/C(=C\N)c1ccc(N(C)c2cc(C)c(Nc3nc4ccccc4s3)nn2)nc1C(=O)O. The van der Waals surface area contributed by atoms with Crippen LogP contribution in [0.3, 0.4) is 0 Å². The number of nitrogens with two attached hydrogens (primary N) is 1. The average molecular weight is 807 g/mol. The van der Waals surface area contributed by atoms with Crippen LogP contribution in [0.4, 0.5) is 22.6 Å². The van der Waals surface area contributed by atoms with E-state index in [1.807, 2.05) is 44.2 Å². The van der Waals surface area contributed by atoms with E-state index in [1.165, 1.54) is 19.0 Å². The van der Waals surface area contributed by atoms with Gasteiger partial charge in [-0.25, -0.2) is 14.8 Å². The smallest absolute Gasteiger partial charge is 0.355 e. The first kappa shape index (κ1) is 40.3. The van der Waals surface area contributed by atoms with Gasteiger partial charge in [0, 0.05) is 69.4 Å². The molecule has 308 valence electrons. The van der Waals surface area contributed by atoms with Gasteiger partial charge in [-0.3, -0.25) is 9.89 Å². The Morgan fingerprint density at radius 2 is 1.81 bits per heavy atom. The van der Waals surface area contributed by atoms with Crippen LogP contribution in [0.25, 0.3) is 15.8 Å². The summed E-state index contributed by atoms with van der Waals surface area (Å²) in [6.07, 6.45) is 8.39. The summed E-state index contributed by atoms with van der Waals surface area (Å²) < 4.78 is 8.09. The fraction of sp³-hybridized carbons (Fsp3) is 0.545. The second-order valence-electron chi connectivity index (χ2n) is 18.2. The molecule has 5 aliphatic rings. The summed E-state index contributed by atoms with van der Waals surface area (Å²) in [6.45, 7) is 15.8. The number of nitrogens with zero attached hydrogens (tertiary/aromatic N) is 8. The summed E-state index contributed by atoms with van der Waals surface area (Å²) in [4.78, 5) is 33.8. The number of aromatic carboxylic acids is 1. The monoisotopic (exact) mass is 806 g/mol. The van der Waals surface area contributed by atoms with Gasteiger partial charge in [-0.1, -0.05) is 37.3 Å². The molecule has 4 saturated carbocycles. The summed E-state index contributed by atoms with van der Waals surface area (Å²) in [5, 5.41) is 23.3. The lowest BCUT2D eigenvalue weighted by Gasteiger charge is -2.56. The van der Waals surface area contributed by atoms with Crippen molar-refractivity contribution < 1.29 is 14.6 Å². The maximum atomic E-state index is 12.7. The van der Waals surface area contributed by atoms with E-state index in [9.17, 15) is 9.90 Å². The van der Waals surface area contributed by atoms with Gasteiger partial charge in [-0.2, -0.15) is 0 Å². The van der Waals surface area contributed by atoms with Gasteiger partial charge < -0.3 is 30.7 Å². The van der Waals surface area contributed by atoms with Crippen molar-refractivity contribution in [3.05, 3.63) is 65.5 Å². The van der Waals surface area contributed by atoms with E-state index in [0.717, 1.165) is 85.9 Å². The third-order valence-electron chi connectivity index (χ3n) is 13.2. The summed E-state index contributed by atoms with van der Waals surface area (Å²) in [5.74, 6) is 1.33. The molecule has 9 rings (SSSR count). The highest BCUT2D eigenvalue weighted by Crippen LogP contribution is 2.66. The predicted octanol–water partition coefficient (Wildman–Crippen LogP) is 7.39. The van der Waals surface area contributed by atoms with Crippen LogP contribution in [0, 0.1) is 29.6 Å². The molecule has 0 spiro atoms. The number of likely N-dealkylation sites (N-methyl/N-ethyl adjacent to an activating group) is 1. The molecule has 4 N–H and O–H groups in total. The summed E-state index contributed by atoms with van der Waals surface area (Å²) in [5.41, 5.74) is 10.0. The highest BCUT2D eigenvalue weighted by atomic mass is 32.1. The molecule has 5 unspecified atom stereocenters. The molecule has 1 aliphatic heterocycles. The molecule has 4 aromatic rings. The van der Waals surface area contributed by atoms with Crippen LogP contribution < -0.4 is 16.0 Å². The lowest BCUT2D eigenvalue weighted by atomic mass is 9.53. The number of allylic oxidation sites excluding steroid dienone is 1. The first-order valence-corrected chi connectivity index (χ1v) is 21.5. The number of hydrogen-bond donors (Lipinski definition) is 3. The van der Waals surface area contributed by atoms with E-state index in [1.54, 1.807) is 35.4 Å². The van der Waals surface area contributed by atoms with Crippen molar-refractivity contribution in [2.24, 2.45) is 33.4 Å². The number of nitrogens with one attached hydrogen (secondary N) is 1. The maximum absolute atomic E-state index is 12.7. The molecule has 14 heteroatoms. The fourth-order valence-corrected chi connectivity index (χ4v) is 11.9. The zero-order chi connectivity index (χ0) is 40.8. The molecule has 4 aliphatic carbocycles. The van der Waals surface area contributed by atoms with Crippen LogP contribution in [-0.2, 0) is 4.74 Å². The van der Waals surface area contributed by atoms with Gasteiger partial charge >= 0.3 is 5.97 Å². The Hall–Kier alpha value is -4.50. The topological polar surface area (TPSA) is 158 Å². The van der Waals surface area contributed by atoms with Gasteiger partial charge in [0.25, 0.3) is 0 Å². The molecule has 5 fully saturated rings. The van der Waals surface area contributed by atoms with Crippen LogP contribution >= 0.6 is 11.3 Å². The molecule has 4 heterocycles. The number of rotatable bonds is 13. The first-order valence-electron chi connectivity index (χ1n) is 20.7. The number of piperazine rings is 1. The van der Waals surface area contributed by atoms with Crippen molar-refractivity contribution in [1.82, 2.24) is 30.0 Å². The minimum absolute atomic E-state index is 0.0651. The Morgan fingerprint density at radius 1 is 1.05 bits per heavy atom. The highest BCUT2D eigenvalue weighted by molar-refractivity contribution is 7.22. The molecule has 13 nitrogen and oxygen atoms in total. The molecule has 4 bridgehead atoms. The van der Waals surface area contributed by atoms with Crippen LogP contribution in [0.5, 0.6) is 0 Å². The number of carboxylic acids is 1. The highest BCUT2D eigenvalue weighted by Gasteiger charge is 2.60.